The number of benzene rings is 3. The van der Waals surface area contributed by atoms with Gasteiger partial charge in [0.25, 0.3) is 0 Å². The number of allylic oxidation sites excluding steroid dienone is 2. The van der Waals surface area contributed by atoms with Crippen LogP contribution in [0.2, 0.25) is 0 Å². The number of hydrogen-bond donors (Lipinski definition) is 3. The van der Waals surface area contributed by atoms with Gasteiger partial charge in [-0.2, -0.15) is 0 Å². The average Bonchev–Trinajstić information content (AvgIpc) is 3.13. The van der Waals surface area contributed by atoms with Crippen LogP contribution in [0.25, 0.3) is 17.2 Å². The zero-order valence-corrected chi connectivity index (χ0v) is 17.9. The van der Waals surface area contributed by atoms with E-state index < -0.39 is 6.10 Å². The molecule has 160 valence electrons. The van der Waals surface area contributed by atoms with Crippen LogP contribution in [0, 0.1) is 0 Å². The molecule has 1 aliphatic rings. The molecule has 0 fully saturated rings. The van der Waals surface area contributed by atoms with Crippen LogP contribution in [0.4, 0.5) is 11.4 Å². The first kappa shape index (κ1) is 21.3. The Bertz CT molecular complexity index is 1220. The van der Waals surface area contributed by atoms with Crippen LogP contribution >= 0.6 is 0 Å². The standard InChI is InChI=1S/C27H24N2O3/c1-17(30)28-22-11-7-19(8-12-22)15-21-16-26(25-6-4-3-5-24(21)25)27(32)20-9-13-23(14-10-20)29-18(2)31/h3-16,27,32H,1-2H3,(H,28,30)(H,29,31)/b21-15-/t27-/m0/s1. The summed E-state index contributed by atoms with van der Waals surface area (Å²) in [5, 5.41) is 16.6. The largest absolute Gasteiger partial charge is 0.384 e. The zero-order valence-electron chi connectivity index (χ0n) is 17.9. The van der Waals surface area contributed by atoms with Crippen LogP contribution in [0.3, 0.4) is 0 Å². The van der Waals surface area contributed by atoms with E-state index in [1.54, 1.807) is 12.1 Å². The van der Waals surface area contributed by atoms with Gasteiger partial charge in [-0.05, 0) is 69.8 Å². The third-order valence-corrected chi connectivity index (χ3v) is 5.25. The maximum atomic E-state index is 11.2. The third-order valence-electron chi connectivity index (χ3n) is 5.25. The second-order valence-electron chi connectivity index (χ2n) is 7.75. The lowest BCUT2D eigenvalue weighted by molar-refractivity contribution is -0.115. The van der Waals surface area contributed by atoms with Crippen LogP contribution in [-0.2, 0) is 9.59 Å². The Morgan fingerprint density at radius 3 is 1.88 bits per heavy atom. The number of anilines is 2. The molecule has 3 aromatic rings. The van der Waals surface area contributed by atoms with Crippen LogP contribution < -0.4 is 10.6 Å². The van der Waals surface area contributed by atoms with Gasteiger partial charge in [0.15, 0.2) is 0 Å². The Labute approximate surface area is 187 Å². The van der Waals surface area contributed by atoms with E-state index in [0.29, 0.717) is 5.69 Å². The lowest BCUT2D eigenvalue weighted by Gasteiger charge is -2.14. The number of rotatable bonds is 5. The molecule has 32 heavy (non-hydrogen) atoms. The van der Waals surface area contributed by atoms with E-state index in [4.69, 9.17) is 0 Å². The molecule has 4 rings (SSSR count). The molecule has 2 amide bonds. The summed E-state index contributed by atoms with van der Waals surface area (Å²) in [6, 6.07) is 22.8. The van der Waals surface area contributed by atoms with Crippen molar-refractivity contribution in [3.63, 3.8) is 0 Å². The molecule has 0 aliphatic heterocycles. The maximum absolute atomic E-state index is 11.2. The normalized spacial score (nSPS) is 14.5. The van der Waals surface area contributed by atoms with Crippen molar-refractivity contribution in [1.29, 1.82) is 0 Å². The minimum atomic E-state index is -0.796. The molecule has 3 aromatic carbocycles. The molecule has 0 radical (unpaired) electrons. The van der Waals surface area contributed by atoms with Crippen molar-refractivity contribution in [3.05, 3.63) is 101 Å². The molecular formula is C27H24N2O3. The summed E-state index contributed by atoms with van der Waals surface area (Å²) in [5.41, 5.74) is 7.08. The predicted molar refractivity (Wildman–Crippen MR) is 129 cm³/mol. The van der Waals surface area contributed by atoms with Gasteiger partial charge in [0, 0.05) is 25.2 Å². The van der Waals surface area contributed by atoms with Crippen molar-refractivity contribution in [1.82, 2.24) is 0 Å². The van der Waals surface area contributed by atoms with Crippen molar-refractivity contribution >= 4 is 40.4 Å². The first-order valence-corrected chi connectivity index (χ1v) is 10.4. The van der Waals surface area contributed by atoms with Gasteiger partial charge in [-0.15, -0.1) is 0 Å². The summed E-state index contributed by atoms with van der Waals surface area (Å²) in [6.45, 7) is 2.95. The molecule has 0 heterocycles. The Hall–Kier alpha value is -3.96. The fourth-order valence-corrected chi connectivity index (χ4v) is 3.83. The number of aliphatic hydroxyl groups is 1. The summed E-state index contributed by atoms with van der Waals surface area (Å²) in [5.74, 6) is -0.238. The Kier molecular flexibility index (Phi) is 6.01. The molecule has 0 saturated carbocycles. The highest BCUT2D eigenvalue weighted by Crippen LogP contribution is 2.42. The van der Waals surface area contributed by atoms with Crippen LogP contribution in [0.5, 0.6) is 0 Å². The monoisotopic (exact) mass is 424 g/mol. The Morgan fingerprint density at radius 2 is 1.31 bits per heavy atom. The fourth-order valence-electron chi connectivity index (χ4n) is 3.83. The summed E-state index contributed by atoms with van der Waals surface area (Å²) in [4.78, 5) is 22.5. The van der Waals surface area contributed by atoms with Crippen molar-refractivity contribution in [3.8, 4) is 0 Å². The first-order valence-electron chi connectivity index (χ1n) is 10.4. The summed E-state index contributed by atoms with van der Waals surface area (Å²) in [6.07, 6.45) is 3.28. The second-order valence-corrected chi connectivity index (χ2v) is 7.75. The Morgan fingerprint density at radius 1 is 0.781 bits per heavy atom. The van der Waals surface area contributed by atoms with Crippen molar-refractivity contribution in [2.24, 2.45) is 0 Å². The summed E-state index contributed by atoms with van der Waals surface area (Å²) < 4.78 is 0. The van der Waals surface area contributed by atoms with Gasteiger partial charge in [0.2, 0.25) is 11.8 Å². The van der Waals surface area contributed by atoms with Gasteiger partial charge >= 0.3 is 0 Å². The predicted octanol–water partition coefficient (Wildman–Crippen LogP) is 5.27. The first-order chi connectivity index (χ1) is 15.4. The molecule has 0 spiro atoms. The van der Waals surface area contributed by atoms with E-state index in [-0.39, 0.29) is 11.8 Å². The number of aliphatic hydroxyl groups excluding tert-OH is 1. The molecule has 0 bridgehead atoms. The van der Waals surface area contributed by atoms with E-state index in [1.165, 1.54) is 13.8 Å². The van der Waals surface area contributed by atoms with Gasteiger partial charge in [-0.1, -0.05) is 48.5 Å². The second kappa shape index (κ2) is 9.04. The maximum Gasteiger partial charge on any atom is 0.221 e. The van der Waals surface area contributed by atoms with Gasteiger partial charge < -0.3 is 15.7 Å². The molecular weight excluding hydrogens is 400 g/mol. The number of hydrogen-bond acceptors (Lipinski definition) is 3. The molecule has 3 N–H and O–H groups in total. The smallest absolute Gasteiger partial charge is 0.221 e. The van der Waals surface area contributed by atoms with Gasteiger partial charge in [0.05, 0.1) is 0 Å². The highest BCUT2D eigenvalue weighted by Gasteiger charge is 2.24. The highest BCUT2D eigenvalue weighted by atomic mass is 16.3. The summed E-state index contributed by atoms with van der Waals surface area (Å²) >= 11 is 0. The molecule has 1 atom stereocenters. The van der Waals surface area contributed by atoms with Gasteiger partial charge in [-0.25, -0.2) is 0 Å². The van der Waals surface area contributed by atoms with Crippen molar-refractivity contribution in [2.75, 3.05) is 10.6 Å². The van der Waals surface area contributed by atoms with E-state index in [0.717, 1.165) is 39.1 Å². The SMILES string of the molecule is CC(=O)Nc1ccc(/C=C2/C=C([C@@H](O)c3ccc(NC(C)=O)cc3)c3ccccc32)cc1. The summed E-state index contributed by atoms with van der Waals surface area (Å²) in [7, 11) is 0. The van der Waals surface area contributed by atoms with E-state index in [2.05, 4.69) is 16.7 Å². The molecule has 5 heteroatoms. The van der Waals surface area contributed by atoms with Crippen LogP contribution in [0.1, 0.15) is 42.2 Å². The highest BCUT2D eigenvalue weighted by molar-refractivity contribution is 6.02. The number of carbonyl (C=O) groups excluding carboxylic acids is 2. The average molecular weight is 425 g/mol. The number of carbonyl (C=O) groups is 2. The van der Waals surface area contributed by atoms with Crippen LogP contribution in [0.15, 0.2) is 78.9 Å². The lowest BCUT2D eigenvalue weighted by Crippen LogP contribution is -2.06. The zero-order chi connectivity index (χ0) is 22.7. The number of fused-ring (bicyclic) bond motifs is 1. The third kappa shape index (κ3) is 4.68. The lowest BCUT2D eigenvalue weighted by atomic mass is 9.96. The molecule has 0 unspecified atom stereocenters. The fraction of sp³-hybridized carbons (Fsp3) is 0.111. The van der Waals surface area contributed by atoms with Crippen LogP contribution in [-0.4, -0.2) is 16.9 Å². The van der Waals surface area contributed by atoms with Crippen molar-refractivity contribution in [2.45, 2.75) is 20.0 Å². The van der Waals surface area contributed by atoms with Gasteiger partial charge in [0.1, 0.15) is 6.10 Å². The minimum Gasteiger partial charge on any atom is -0.384 e. The molecule has 5 nitrogen and oxygen atoms in total. The molecule has 0 aromatic heterocycles. The quantitative estimate of drug-likeness (QED) is 0.522. The molecule has 1 aliphatic carbocycles. The van der Waals surface area contributed by atoms with Gasteiger partial charge in [-0.3, -0.25) is 9.59 Å². The van der Waals surface area contributed by atoms with E-state index >= 15 is 0 Å². The van der Waals surface area contributed by atoms with E-state index in [1.807, 2.05) is 66.7 Å². The Balaban J connectivity index is 1.64. The minimum absolute atomic E-state index is 0.104. The van der Waals surface area contributed by atoms with E-state index in [9.17, 15) is 14.7 Å². The topological polar surface area (TPSA) is 78.4 Å². The van der Waals surface area contributed by atoms with Crippen molar-refractivity contribution < 1.29 is 14.7 Å². The number of nitrogens with one attached hydrogen (secondary N) is 2. The molecule has 0 saturated heterocycles. The number of amides is 2.